The number of carbonyl (C=O) groups is 1. The van der Waals surface area contributed by atoms with Crippen LogP contribution in [0.3, 0.4) is 0 Å². The van der Waals surface area contributed by atoms with E-state index in [1.807, 2.05) is 44.2 Å². The Labute approximate surface area is 165 Å². The molecule has 6 nitrogen and oxygen atoms in total. The van der Waals surface area contributed by atoms with Gasteiger partial charge in [-0.1, -0.05) is 42.5 Å². The molecule has 6 heteroatoms. The van der Waals surface area contributed by atoms with E-state index in [0.29, 0.717) is 23.4 Å². The fourth-order valence-corrected chi connectivity index (χ4v) is 2.98. The van der Waals surface area contributed by atoms with Crippen LogP contribution in [0, 0.1) is 10.1 Å². The van der Waals surface area contributed by atoms with Gasteiger partial charge >= 0.3 is 0 Å². The Kier molecular flexibility index (Phi) is 7.75. The summed E-state index contributed by atoms with van der Waals surface area (Å²) in [6, 6.07) is 16.3. The van der Waals surface area contributed by atoms with Crippen LogP contribution in [0.25, 0.3) is 0 Å². The lowest BCUT2D eigenvalue weighted by Gasteiger charge is -2.19. The van der Waals surface area contributed by atoms with E-state index in [4.69, 9.17) is 4.74 Å². The molecule has 0 radical (unpaired) electrons. The number of allylic oxidation sites excluding steroid dienone is 2. The molecule has 0 saturated carbocycles. The lowest BCUT2D eigenvalue weighted by molar-refractivity contribution is -0.483. The summed E-state index contributed by atoms with van der Waals surface area (Å²) >= 11 is 0. The SMILES string of the molecule is COc1ccc(C(C/C(=C/C(=O)c2ccccc2)NC(C)C)C[N+](=O)[O-])cc1. The molecule has 2 aromatic carbocycles. The Hall–Kier alpha value is -3.15. The monoisotopic (exact) mass is 382 g/mol. The van der Waals surface area contributed by atoms with E-state index in [1.165, 1.54) is 0 Å². The molecular weight excluding hydrogens is 356 g/mol. The molecule has 148 valence electrons. The Bertz CT molecular complexity index is 814. The average Bonchev–Trinajstić information content (AvgIpc) is 2.67. The highest BCUT2D eigenvalue weighted by molar-refractivity contribution is 6.04. The van der Waals surface area contributed by atoms with Gasteiger partial charge in [-0.05, 0) is 31.5 Å². The Morgan fingerprint density at radius 1 is 1.14 bits per heavy atom. The van der Waals surface area contributed by atoms with Crippen LogP contribution in [0.4, 0.5) is 0 Å². The molecule has 1 unspecified atom stereocenters. The summed E-state index contributed by atoms with van der Waals surface area (Å²) in [6.45, 7) is 3.72. The first-order valence-electron chi connectivity index (χ1n) is 9.21. The summed E-state index contributed by atoms with van der Waals surface area (Å²) in [5.74, 6) is 0.208. The zero-order valence-electron chi connectivity index (χ0n) is 16.4. The first kappa shape index (κ1) is 21.2. The van der Waals surface area contributed by atoms with E-state index >= 15 is 0 Å². The maximum Gasteiger partial charge on any atom is 0.211 e. The molecule has 28 heavy (non-hydrogen) atoms. The number of ketones is 1. The molecule has 1 atom stereocenters. The summed E-state index contributed by atoms with van der Waals surface area (Å²) < 4.78 is 5.16. The van der Waals surface area contributed by atoms with Gasteiger partial charge in [-0.25, -0.2) is 0 Å². The minimum absolute atomic E-state index is 0.0990. The number of benzene rings is 2. The third kappa shape index (κ3) is 6.54. The van der Waals surface area contributed by atoms with Crippen LogP contribution >= 0.6 is 0 Å². The topological polar surface area (TPSA) is 81.5 Å². The Morgan fingerprint density at radius 2 is 1.79 bits per heavy atom. The zero-order chi connectivity index (χ0) is 20.5. The minimum Gasteiger partial charge on any atom is -0.497 e. The van der Waals surface area contributed by atoms with Crippen molar-refractivity contribution in [1.29, 1.82) is 0 Å². The molecule has 0 heterocycles. The third-order valence-corrected chi connectivity index (χ3v) is 4.26. The van der Waals surface area contributed by atoms with Crippen molar-refractivity contribution < 1.29 is 14.5 Å². The van der Waals surface area contributed by atoms with Gasteiger partial charge in [-0.3, -0.25) is 14.9 Å². The highest BCUT2D eigenvalue weighted by atomic mass is 16.6. The van der Waals surface area contributed by atoms with Crippen LogP contribution in [0.5, 0.6) is 5.75 Å². The van der Waals surface area contributed by atoms with E-state index in [1.54, 1.807) is 37.5 Å². The van der Waals surface area contributed by atoms with Gasteiger partial charge < -0.3 is 10.1 Å². The van der Waals surface area contributed by atoms with E-state index < -0.39 is 0 Å². The van der Waals surface area contributed by atoms with Crippen LogP contribution in [0.1, 0.15) is 42.1 Å². The maximum absolute atomic E-state index is 12.6. The van der Waals surface area contributed by atoms with Gasteiger partial charge in [-0.2, -0.15) is 0 Å². The number of nitrogens with one attached hydrogen (secondary N) is 1. The fourth-order valence-electron chi connectivity index (χ4n) is 2.98. The van der Waals surface area contributed by atoms with E-state index in [9.17, 15) is 14.9 Å². The number of carbonyl (C=O) groups excluding carboxylic acids is 1. The lowest BCUT2D eigenvalue weighted by Crippen LogP contribution is -2.25. The summed E-state index contributed by atoms with van der Waals surface area (Å²) in [5, 5.41) is 14.5. The van der Waals surface area contributed by atoms with Gasteiger partial charge in [0.15, 0.2) is 5.78 Å². The minimum atomic E-state index is -0.359. The molecular formula is C22H26N2O4. The number of rotatable bonds is 10. The van der Waals surface area contributed by atoms with Gasteiger partial charge in [-0.15, -0.1) is 0 Å². The Balaban J connectivity index is 2.29. The largest absolute Gasteiger partial charge is 0.497 e. The van der Waals surface area contributed by atoms with Crippen molar-refractivity contribution in [3.63, 3.8) is 0 Å². The van der Waals surface area contributed by atoms with Crippen LogP contribution < -0.4 is 10.1 Å². The molecule has 0 fully saturated rings. The molecule has 0 aliphatic carbocycles. The quantitative estimate of drug-likeness (QED) is 0.288. The molecule has 0 spiro atoms. The molecule has 0 aliphatic heterocycles. The number of hydrogen-bond acceptors (Lipinski definition) is 5. The van der Waals surface area contributed by atoms with Crippen LogP contribution in [0.2, 0.25) is 0 Å². The van der Waals surface area contributed by atoms with E-state index in [2.05, 4.69) is 5.32 Å². The summed E-state index contributed by atoms with van der Waals surface area (Å²) in [5.41, 5.74) is 2.11. The number of methoxy groups -OCH3 is 1. The Morgan fingerprint density at radius 3 is 2.32 bits per heavy atom. The van der Waals surface area contributed by atoms with Gasteiger partial charge in [0.1, 0.15) is 5.75 Å². The summed E-state index contributed by atoms with van der Waals surface area (Å²) in [7, 11) is 1.58. The average molecular weight is 382 g/mol. The first-order chi connectivity index (χ1) is 13.4. The van der Waals surface area contributed by atoms with Crippen molar-refractivity contribution in [3.05, 3.63) is 87.6 Å². The molecule has 0 amide bonds. The second kappa shape index (κ2) is 10.3. The van der Waals surface area contributed by atoms with Crippen molar-refractivity contribution in [2.75, 3.05) is 13.7 Å². The standard InChI is InChI=1S/C22H26N2O4/c1-16(2)23-20(14-22(25)18-7-5-4-6-8-18)13-19(15-24(26)27)17-9-11-21(28-3)12-10-17/h4-12,14,16,19,23H,13,15H2,1-3H3/b20-14-. The summed E-state index contributed by atoms with van der Waals surface area (Å²) in [6.07, 6.45) is 1.91. The lowest BCUT2D eigenvalue weighted by atomic mass is 9.93. The first-order valence-corrected chi connectivity index (χ1v) is 9.21. The fraction of sp³-hybridized carbons (Fsp3) is 0.318. The molecule has 2 rings (SSSR count). The predicted octanol–water partition coefficient (Wildman–Crippen LogP) is 4.21. The molecule has 0 aromatic heterocycles. The van der Waals surface area contributed by atoms with E-state index in [-0.39, 0.29) is 29.2 Å². The van der Waals surface area contributed by atoms with Gasteiger partial charge in [0, 0.05) is 34.7 Å². The smallest absolute Gasteiger partial charge is 0.211 e. The number of hydrogen-bond donors (Lipinski definition) is 1. The van der Waals surface area contributed by atoms with Crippen molar-refractivity contribution in [2.45, 2.75) is 32.2 Å². The number of nitrogens with zero attached hydrogens (tertiary/aromatic N) is 1. The normalized spacial score (nSPS) is 12.5. The highest BCUT2D eigenvalue weighted by Crippen LogP contribution is 2.26. The second-order valence-electron chi connectivity index (χ2n) is 6.89. The number of ether oxygens (including phenoxy) is 1. The molecule has 1 N–H and O–H groups in total. The van der Waals surface area contributed by atoms with Crippen molar-refractivity contribution in [1.82, 2.24) is 5.32 Å². The van der Waals surface area contributed by atoms with Gasteiger partial charge in [0.05, 0.1) is 13.0 Å². The molecule has 0 bridgehead atoms. The van der Waals surface area contributed by atoms with Crippen molar-refractivity contribution in [2.24, 2.45) is 0 Å². The van der Waals surface area contributed by atoms with Crippen LogP contribution in [-0.4, -0.2) is 30.4 Å². The molecule has 0 saturated heterocycles. The summed E-state index contributed by atoms with van der Waals surface area (Å²) in [4.78, 5) is 23.5. The zero-order valence-corrected chi connectivity index (χ0v) is 16.4. The highest BCUT2D eigenvalue weighted by Gasteiger charge is 2.21. The maximum atomic E-state index is 12.6. The van der Waals surface area contributed by atoms with Crippen LogP contribution in [-0.2, 0) is 0 Å². The van der Waals surface area contributed by atoms with E-state index in [0.717, 1.165) is 5.56 Å². The van der Waals surface area contributed by atoms with Crippen molar-refractivity contribution in [3.8, 4) is 5.75 Å². The second-order valence-corrected chi connectivity index (χ2v) is 6.89. The van der Waals surface area contributed by atoms with Crippen molar-refractivity contribution >= 4 is 5.78 Å². The van der Waals surface area contributed by atoms with Crippen LogP contribution in [0.15, 0.2) is 66.4 Å². The van der Waals surface area contributed by atoms with Gasteiger partial charge in [0.25, 0.3) is 0 Å². The number of nitro groups is 1. The molecule has 2 aromatic rings. The third-order valence-electron chi connectivity index (χ3n) is 4.26. The predicted molar refractivity (Wildman–Crippen MR) is 109 cm³/mol. The molecule has 0 aliphatic rings. The van der Waals surface area contributed by atoms with Gasteiger partial charge in [0.2, 0.25) is 6.54 Å².